The smallest absolute Gasteiger partial charge is 0.321 e. The van der Waals surface area contributed by atoms with Gasteiger partial charge in [-0.1, -0.05) is 31.9 Å². The van der Waals surface area contributed by atoms with Gasteiger partial charge in [0.25, 0.3) is 0 Å². The maximum absolute atomic E-state index is 12.2. The molecule has 5 nitrogen and oxygen atoms in total. The van der Waals surface area contributed by atoms with Gasteiger partial charge in [0.2, 0.25) is 0 Å². The summed E-state index contributed by atoms with van der Waals surface area (Å²) in [7, 11) is 1.32. The Morgan fingerprint density at radius 3 is 2.83 bits per heavy atom. The fourth-order valence-corrected chi connectivity index (χ4v) is 3.70. The first kappa shape index (κ1) is 17.7. The number of esters is 1. The highest BCUT2D eigenvalue weighted by molar-refractivity contribution is 7.97. The molecule has 2 aromatic rings. The van der Waals surface area contributed by atoms with E-state index in [2.05, 4.69) is 9.72 Å². The van der Waals surface area contributed by atoms with E-state index in [-0.39, 0.29) is 6.42 Å². The van der Waals surface area contributed by atoms with Gasteiger partial charge in [0.05, 0.1) is 29.7 Å². The number of nitrogens with zero attached hydrogens (tertiary/aromatic N) is 1. The zero-order valence-electron chi connectivity index (χ0n) is 13.1. The van der Waals surface area contributed by atoms with Crippen molar-refractivity contribution < 1.29 is 18.5 Å². The number of carbonyl (C=O) groups excluding carboxylic acids is 2. The van der Waals surface area contributed by atoms with Gasteiger partial charge in [0, 0.05) is 0 Å². The van der Waals surface area contributed by atoms with E-state index in [9.17, 15) is 9.59 Å². The van der Waals surface area contributed by atoms with Crippen LogP contribution in [0.25, 0.3) is 10.2 Å². The predicted molar refractivity (Wildman–Crippen MR) is 91.2 cm³/mol. The Balaban J connectivity index is 1.95. The highest BCUT2D eigenvalue weighted by Gasteiger charge is 2.24. The highest BCUT2D eigenvalue weighted by Crippen LogP contribution is 2.31. The summed E-state index contributed by atoms with van der Waals surface area (Å²) in [6.45, 7) is 2.04. The third-order valence-electron chi connectivity index (χ3n) is 3.35. The van der Waals surface area contributed by atoms with Crippen LogP contribution in [0.15, 0.2) is 28.6 Å². The van der Waals surface area contributed by atoms with Crippen molar-refractivity contribution in [2.45, 2.75) is 36.9 Å². The van der Waals surface area contributed by atoms with Gasteiger partial charge in [0.1, 0.15) is 12.0 Å². The number of para-hydroxylation sites is 1. The minimum Gasteiger partial charge on any atom is -0.469 e. The van der Waals surface area contributed by atoms with E-state index in [1.54, 1.807) is 0 Å². The molecule has 1 aromatic carbocycles. The Hall–Kier alpha value is -1.60. The van der Waals surface area contributed by atoms with Crippen LogP contribution in [0, 0.1) is 5.92 Å². The minimum atomic E-state index is -0.468. The van der Waals surface area contributed by atoms with Crippen molar-refractivity contribution in [1.29, 1.82) is 0 Å². The van der Waals surface area contributed by atoms with Crippen LogP contribution in [0.3, 0.4) is 0 Å². The third kappa shape index (κ3) is 5.21. The molecule has 0 saturated carbocycles. The standard InChI is InChI=1S/C16H19NO4S2/c1-3-4-7-11(10-14(18)20-2)15(19)21-23-16-17-12-8-5-6-9-13(12)22-16/h5-6,8-9,11H,3-4,7,10H2,1-2H3. The van der Waals surface area contributed by atoms with E-state index in [1.165, 1.54) is 18.4 Å². The fraction of sp³-hybridized carbons (Fsp3) is 0.438. The Morgan fingerprint density at radius 2 is 2.13 bits per heavy atom. The lowest BCUT2D eigenvalue weighted by Gasteiger charge is -2.12. The van der Waals surface area contributed by atoms with E-state index in [0.29, 0.717) is 10.8 Å². The number of hydrogen-bond acceptors (Lipinski definition) is 7. The average Bonchev–Trinajstić information content (AvgIpc) is 2.99. The number of ether oxygens (including phenoxy) is 1. The van der Waals surface area contributed by atoms with E-state index in [1.807, 2.05) is 31.2 Å². The van der Waals surface area contributed by atoms with Crippen molar-refractivity contribution in [2.75, 3.05) is 7.11 Å². The molecular weight excluding hydrogens is 334 g/mol. The molecule has 0 aliphatic rings. The van der Waals surface area contributed by atoms with Gasteiger partial charge >= 0.3 is 11.9 Å². The first-order valence-electron chi connectivity index (χ1n) is 7.44. The molecule has 7 heteroatoms. The first-order valence-corrected chi connectivity index (χ1v) is 9.00. The van der Waals surface area contributed by atoms with E-state index in [4.69, 9.17) is 4.18 Å². The minimum absolute atomic E-state index is 0.0513. The van der Waals surface area contributed by atoms with Crippen molar-refractivity contribution >= 4 is 45.5 Å². The lowest BCUT2D eigenvalue weighted by atomic mass is 9.99. The number of hydrogen-bond donors (Lipinski definition) is 0. The van der Waals surface area contributed by atoms with Gasteiger partial charge in [-0.25, -0.2) is 4.98 Å². The normalized spacial score (nSPS) is 12.1. The molecule has 0 aliphatic heterocycles. The number of aromatic nitrogens is 1. The Kier molecular flexibility index (Phi) is 6.85. The lowest BCUT2D eigenvalue weighted by Crippen LogP contribution is -2.20. The maximum Gasteiger partial charge on any atom is 0.321 e. The number of unbranched alkanes of at least 4 members (excludes halogenated alkanes) is 1. The van der Waals surface area contributed by atoms with Gasteiger partial charge in [-0.15, -0.1) is 11.3 Å². The topological polar surface area (TPSA) is 65.5 Å². The number of fused-ring (bicyclic) bond motifs is 1. The van der Waals surface area contributed by atoms with Gasteiger partial charge in [-0.05, 0) is 18.6 Å². The van der Waals surface area contributed by atoms with Crippen molar-refractivity contribution in [3.05, 3.63) is 24.3 Å². The van der Waals surface area contributed by atoms with Gasteiger partial charge in [-0.2, -0.15) is 0 Å². The number of carbonyl (C=O) groups is 2. The molecule has 0 bridgehead atoms. The van der Waals surface area contributed by atoms with E-state index < -0.39 is 17.9 Å². The molecule has 23 heavy (non-hydrogen) atoms. The van der Waals surface area contributed by atoms with Crippen LogP contribution in [0.5, 0.6) is 0 Å². The van der Waals surface area contributed by atoms with Crippen molar-refractivity contribution in [3.63, 3.8) is 0 Å². The molecular formula is C16H19NO4S2. The predicted octanol–water partition coefficient (Wildman–Crippen LogP) is 4.22. The maximum atomic E-state index is 12.2. The molecule has 0 fully saturated rings. The number of rotatable bonds is 8. The monoisotopic (exact) mass is 353 g/mol. The van der Waals surface area contributed by atoms with E-state index in [0.717, 1.165) is 35.1 Å². The molecule has 1 unspecified atom stereocenters. The van der Waals surface area contributed by atoms with Crippen molar-refractivity contribution in [1.82, 2.24) is 4.98 Å². The molecule has 124 valence electrons. The number of benzene rings is 1. The molecule has 2 rings (SSSR count). The summed E-state index contributed by atoms with van der Waals surface area (Å²) in [6, 6.07) is 7.75. The molecule has 1 heterocycles. The Morgan fingerprint density at radius 1 is 1.35 bits per heavy atom. The Bertz CT molecular complexity index is 638. The summed E-state index contributed by atoms with van der Waals surface area (Å²) in [5.74, 6) is -1.26. The summed E-state index contributed by atoms with van der Waals surface area (Å²) in [6.07, 6.45) is 2.49. The molecule has 0 spiro atoms. The van der Waals surface area contributed by atoms with Crippen molar-refractivity contribution in [2.24, 2.45) is 5.92 Å². The fourth-order valence-electron chi connectivity index (χ4n) is 2.07. The summed E-state index contributed by atoms with van der Waals surface area (Å²) in [5.41, 5.74) is 0.883. The largest absolute Gasteiger partial charge is 0.469 e. The van der Waals surface area contributed by atoms with Crippen LogP contribution >= 0.6 is 23.4 Å². The summed E-state index contributed by atoms with van der Waals surface area (Å²) < 4.78 is 11.6. The van der Waals surface area contributed by atoms with Crippen LogP contribution in [-0.4, -0.2) is 24.0 Å². The molecule has 1 aromatic heterocycles. The van der Waals surface area contributed by atoms with Crippen LogP contribution in [0.1, 0.15) is 32.6 Å². The van der Waals surface area contributed by atoms with Crippen molar-refractivity contribution in [3.8, 4) is 0 Å². The lowest BCUT2D eigenvalue weighted by molar-refractivity contribution is -0.148. The second-order valence-corrected chi connectivity index (χ2v) is 7.06. The first-order chi connectivity index (χ1) is 11.1. The van der Waals surface area contributed by atoms with Gasteiger partial charge in [0.15, 0.2) is 4.34 Å². The summed E-state index contributed by atoms with van der Waals surface area (Å²) >= 11 is 2.43. The zero-order chi connectivity index (χ0) is 16.7. The van der Waals surface area contributed by atoms with E-state index >= 15 is 0 Å². The Labute approximate surface area is 143 Å². The van der Waals surface area contributed by atoms with Crippen LogP contribution in [0.2, 0.25) is 0 Å². The van der Waals surface area contributed by atoms with Gasteiger partial charge < -0.3 is 8.92 Å². The molecule has 0 radical (unpaired) electrons. The van der Waals surface area contributed by atoms with Gasteiger partial charge in [-0.3, -0.25) is 9.59 Å². The number of methoxy groups -OCH3 is 1. The molecule has 0 N–H and O–H groups in total. The molecule has 0 aliphatic carbocycles. The van der Waals surface area contributed by atoms with Crippen LogP contribution in [-0.2, 0) is 18.5 Å². The third-order valence-corrected chi connectivity index (χ3v) is 5.12. The highest BCUT2D eigenvalue weighted by atomic mass is 32.2. The number of thiazole rings is 1. The second-order valence-electron chi connectivity index (χ2n) is 5.05. The summed E-state index contributed by atoms with van der Waals surface area (Å²) in [5, 5.41) is 0. The van der Waals surface area contributed by atoms with Crippen LogP contribution in [0.4, 0.5) is 0 Å². The quantitative estimate of drug-likeness (QED) is 0.523. The zero-order valence-corrected chi connectivity index (χ0v) is 14.7. The van der Waals surface area contributed by atoms with Crippen LogP contribution < -0.4 is 0 Å². The summed E-state index contributed by atoms with van der Waals surface area (Å²) in [4.78, 5) is 28.0. The molecule has 0 saturated heterocycles. The average molecular weight is 353 g/mol. The second kappa shape index (κ2) is 8.88. The molecule has 0 amide bonds. The SMILES string of the molecule is CCCCC(CC(=O)OC)C(=O)OSc1nc2ccccc2s1. The molecule has 1 atom stereocenters.